The van der Waals surface area contributed by atoms with E-state index in [1.54, 1.807) is 7.11 Å². The normalized spacial score (nSPS) is 11.1. The number of benzene rings is 1. The van der Waals surface area contributed by atoms with Gasteiger partial charge in [0.2, 0.25) is 0 Å². The zero-order valence-electron chi connectivity index (χ0n) is 13.2. The predicted molar refractivity (Wildman–Crippen MR) is 88.9 cm³/mol. The third-order valence-electron chi connectivity index (χ3n) is 2.85. The van der Waals surface area contributed by atoms with E-state index in [-0.39, 0.29) is 0 Å². The van der Waals surface area contributed by atoms with Gasteiger partial charge in [-0.05, 0) is 18.2 Å². The van der Waals surface area contributed by atoms with E-state index in [2.05, 4.69) is 41.2 Å². The van der Waals surface area contributed by atoms with Crippen LogP contribution in [0.3, 0.4) is 0 Å². The molecule has 1 aromatic carbocycles. The second kappa shape index (κ2) is 11.0. The molecule has 0 heterocycles. The van der Waals surface area contributed by atoms with Gasteiger partial charge in [-0.1, -0.05) is 29.8 Å². The quantitative estimate of drug-likeness (QED) is 0.614. The molecule has 0 radical (unpaired) electrons. The molecule has 0 aliphatic carbocycles. The Kier molecular flexibility index (Phi) is 9.67. The molecule has 5 heteroatoms. The van der Waals surface area contributed by atoms with E-state index >= 15 is 0 Å². The molecule has 0 fully saturated rings. The highest BCUT2D eigenvalue weighted by Gasteiger charge is 2.05. The smallest absolute Gasteiger partial charge is 0.123 e. The van der Waals surface area contributed by atoms with Gasteiger partial charge in [0.05, 0.1) is 19.8 Å². The fourth-order valence-corrected chi connectivity index (χ4v) is 2.14. The molecule has 0 bridgehead atoms. The Morgan fingerprint density at radius 3 is 2.67 bits per heavy atom. The van der Waals surface area contributed by atoms with Gasteiger partial charge in [-0.25, -0.2) is 0 Å². The van der Waals surface area contributed by atoms with E-state index in [4.69, 9.17) is 14.2 Å². The van der Waals surface area contributed by atoms with Crippen LogP contribution in [0.2, 0.25) is 0 Å². The summed E-state index contributed by atoms with van der Waals surface area (Å²) < 4.78 is 17.3. The number of hydrogen-bond donors (Lipinski definition) is 1. The Labute approximate surface area is 136 Å². The largest absolute Gasteiger partial charge is 0.493 e. The van der Waals surface area contributed by atoms with Gasteiger partial charge in [0, 0.05) is 42.8 Å². The Hall–Kier alpha value is -0.620. The third-order valence-corrected chi connectivity index (χ3v) is 3.34. The minimum absolute atomic E-state index is 0.450. The SMILES string of the molecule is COCCOCCCOc1ccc(Br)cc1CNC(C)C. The van der Waals surface area contributed by atoms with Gasteiger partial charge in [-0.2, -0.15) is 0 Å². The maximum Gasteiger partial charge on any atom is 0.123 e. The number of nitrogens with one attached hydrogen (secondary N) is 1. The highest BCUT2D eigenvalue weighted by molar-refractivity contribution is 9.10. The van der Waals surface area contributed by atoms with Crippen molar-refractivity contribution >= 4 is 15.9 Å². The van der Waals surface area contributed by atoms with E-state index in [1.165, 1.54) is 5.56 Å². The minimum atomic E-state index is 0.450. The zero-order valence-corrected chi connectivity index (χ0v) is 14.7. The molecule has 0 unspecified atom stereocenters. The van der Waals surface area contributed by atoms with Gasteiger partial charge in [0.25, 0.3) is 0 Å². The topological polar surface area (TPSA) is 39.7 Å². The predicted octanol–water partition coefficient (Wildman–Crippen LogP) is 3.38. The number of rotatable bonds is 11. The van der Waals surface area contributed by atoms with Crippen molar-refractivity contribution in [1.29, 1.82) is 0 Å². The van der Waals surface area contributed by atoms with E-state index in [1.807, 2.05) is 12.1 Å². The molecule has 4 nitrogen and oxygen atoms in total. The van der Waals surface area contributed by atoms with Crippen LogP contribution in [-0.2, 0) is 16.0 Å². The molecule has 0 aliphatic heterocycles. The summed E-state index contributed by atoms with van der Waals surface area (Å²) in [4.78, 5) is 0. The summed E-state index contributed by atoms with van der Waals surface area (Å²) >= 11 is 3.51. The van der Waals surface area contributed by atoms with Crippen molar-refractivity contribution < 1.29 is 14.2 Å². The van der Waals surface area contributed by atoms with Crippen LogP contribution >= 0.6 is 15.9 Å². The van der Waals surface area contributed by atoms with E-state index in [0.29, 0.717) is 32.5 Å². The van der Waals surface area contributed by atoms with Crippen LogP contribution in [0.15, 0.2) is 22.7 Å². The van der Waals surface area contributed by atoms with Crippen LogP contribution in [0, 0.1) is 0 Å². The van der Waals surface area contributed by atoms with Gasteiger partial charge in [0.1, 0.15) is 5.75 Å². The maximum absolute atomic E-state index is 5.86. The number of hydrogen-bond acceptors (Lipinski definition) is 4. The molecule has 0 amide bonds. The molecule has 21 heavy (non-hydrogen) atoms. The molecule has 0 spiro atoms. The van der Waals surface area contributed by atoms with Crippen molar-refractivity contribution in [2.24, 2.45) is 0 Å². The van der Waals surface area contributed by atoms with Crippen molar-refractivity contribution in [1.82, 2.24) is 5.32 Å². The molecule has 0 aromatic heterocycles. The molecule has 1 N–H and O–H groups in total. The minimum Gasteiger partial charge on any atom is -0.493 e. The van der Waals surface area contributed by atoms with Crippen LogP contribution in [0.25, 0.3) is 0 Å². The Morgan fingerprint density at radius 2 is 1.95 bits per heavy atom. The molecule has 0 atom stereocenters. The average molecular weight is 360 g/mol. The lowest BCUT2D eigenvalue weighted by Gasteiger charge is -2.14. The van der Waals surface area contributed by atoms with Crippen molar-refractivity contribution in [2.75, 3.05) is 33.5 Å². The molecule has 0 saturated heterocycles. The van der Waals surface area contributed by atoms with E-state index < -0.39 is 0 Å². The first kappa shape index (κ1) is 18.4. The lowest BCUT2D eigenvalue weighted by molar-refractivity contribution is 0.0644. The van der Waals surface area contributed by atoms with Crippen molar-refractivity contribution in [3.8, 4) is 5.75 Å². The second-order valence-electron chi connectivity index (χ2n) is 5.09. The summed E-state index contributed by atoms with van der Waals surface area (Å²) in [6, 6.07) is 6.56. The van der Waals surface area contributed by atoms with Crippen molar-refractivity contribution in [3.63, 3.8) is 0 Å². The van der Waals surface area contributed by atoms with E-state index in [0.717, 1.165) is 23.2 Å². The van der Waals surface area contributed by atoms with Gasteiger partial charge in [-0.3, -0.25) is 0 Å². The van der Waals surface area contributed by atoms with Gasteiger partial charge >= 0.3 is 0 Å². The highest BCUT2D eigenvalue weighted by atomic mass is 79.9. The van der Waals surface area contributed by atoms with Crippen LogP contribution in [0.5, 0.6) is 5.75 Å². The van der Waals surface area contributed by atoms with Gasteiger partial charge in [-0.15, -0.1) is 0 Å². The van der Waals surface area contributed by atoms with Crippen LogP contribution < -0.4 is 10.1 Å². The Balaban J connectivity index is 2.35. The fourth-order valence-electron chi connectivity index (χ4n) is 1.73. The monoisotopic (exact) mass is 359 g/mol. The summed E-state index contributed by atoms with van der Waals surface area (Å²) in [6.45, 7) is 7.70. The lowest BCUT2D eigenvalue weighted by atomic mass is 10.2. The van der Waals surface area contributed by atoms with Crippen LogP contribution in [0.4, 0.5) is 0 Å². The second-order valence-corrected chi connectivity index (χ2v) is 6.01. The summed E-state index contributed by atoms with van der Waals surface area (Å²) in [5, 5.41) is 3.41. The highest BCUT2D eigenvalue weighted by Crippen LogP contribution is 2.23. The first-order chi connectivity index (χ1) is 10.1. The lowest BCUT2D eigenvalue weighted by Crippen LogP contribution is -2.22. The number of ether oxygens (including phenoxy) is 3. The molecule has 0 saturated carbocycles. The fraction of sp³-hybridized carbons (Fsp3) is 0.625. The van der Waals surface area contributed by atoms with Crippen molar-refractivity contribution in [2.45, 2.75) is 32.9 Å². The summed E-state index contributed by atoms with van der Waals surface area (Å²) in [6.07, 6.45) is 0.872. The Bertz CT molecular complexity index is 399. The molecule has 120 valence electrons. The molecule has 0 aliphatic rings. The van der Waals surface area contributed by atoms with Gasteiger partial charge < -0.3 is 19.5 Å². The maximum atomic E-state index is 5.86. The first-order valence-corrected chi connectivity index (χ1v) is 8.14. The Morgan fingerprint density at radius 1 is 1.14 bits per heavy atom. The number of methoxy groups -OCH3 is 1. The number of halogens is 1. The average Bonchev–Trinajstić information content (AvgIpc) is 2.45. The summed E-state index contributed by atoms with van der Waals surface area (Å²) in [7, 11) is 1.67. The van der Waals surface area contributed by atoms with Gasteiger partial charge in [0.15, 0.2) is 0 Å². The standard InChI is InChI=1S/C16H26BrNO3/c1-13(2)18-12-14-11-15(17)5-6-16(14)21-8-4-7-20-10-9-19-3/h5-6,11,13,18H,4,7-10,12H2,1-3H3. The van der Waals surface area contributed by atoms with E-state index in [9.17, 15) is 0 Å². The third kappa shape index (κ3) is 8.41. The summed E-state index contributed by atoms with van der Waals surface area (Å²) in [5.74, 6) is 0.934. The van der Waals surface area contributed by atoms with Crippen LogP contribution in [-0.4, -0.2) is 39.6 Å². The zero-order chi connectivity index (χ0) is 15.5. The molecule has 1 rings (SSSR count). The van der Waals surface area contributed by atoms with Crippen LogP contribution in [0.1, 0.15) is 25.8 Å². The molecular weight excluding hydrogens is 334 g/mol. The first-order valence-electron chi connectivity index (χ1n) is 7.34. The molecule has 1 aromatic rings. The summed E-state index contributed by atoms with van der Waals surface area (Å²) in [5.41, 5.74) is 1.17. The molecular formula is C16H26BrNO3. The van der Waals surface area contributed by atoms with Crippen molar-refractivity contribution in [3.05, 3.63) is 28.2 Å².